The van der Waals surface area contributed by atoms with E-state index in [9.17, 15) is 4.79 Å². The molecular weight excluding hydrogens is 474 g/mol. The van der Waals surface area contributed by atoms with Crippen molar-refractivity contribution >= 4 is 23.0 Å². The highest BCUT2D eigenvalue weighted by Crippen LogP contribution is 2.39. The lowest BCUT2D eigenvalue weighted by molar-refractivity contribution is -0.155. The zero-order valence-electron chi connectivity index (χ0n) is 21.6. The molecule has 3 heterocycles. The standard InChI is InChI=1S/C27H33N5O3S/c1-16-17(2)36-26-23(16)24(20-12-10-19(11-13-20)9-7-8-14-28-34)29-21(15-22(33)35-27(4,5)6)25-31-30-18(3)32(25)26/h7-8,10-13,21,28,34H,9,14-15H2,1-6H3/b8-7+/t21-/m0/s1. The lowest BCUT2D eigenvalue weighted by Gasteiger charge is -2.21. The van der Waals surface area contributed by atoms with Crippen LogP contribution in [0.5, 0.6) is 0 Å². The van der Waals surface area contributed by atoms with Crippen LogP contribution in [-0.2, 0) is 16.0 Å². The summed E-state index contributed by atoms with van der Waals surface area (Å²) in [5.74, 6) is 1.09. The van der Waals surface area contributed by atoms with Crippen molar-refractivity contribution in [3.05, 3.63) is 75.2 Å². The first-order valence-electron chi connectivity index (χ1n) is 12.0. The maximum Gasteiger partial charge on any atom is 0.308 e. The largest absolute Gasteiger partial charge is 0.460 e. The van der Waals surface area contributed by atoms with E-state index in [1.165, 1.54) is 4.88 Å². The summed E-state index contributed by atoms with van der Waals surface area (Å²) in [5.41, 5.74) is 6.73. The van der Waals surface area contributed by atoms with E-state index in [4.69, 9.17) is 14.9 Å². The van der Waals surface area contributed by atoms with E-state index >= 15 is 0 Å². The van der Waals surface area contributed by atoms with E-state index in [1.54, 1.807) is 11.3 Å². The molecule has 0 radical (unpaired) electrons. The number of carbonyl (C=O) groups is 1. The van der Waals surface area contributed by atoms with Crippen LogP contribution in [0, 0.1) is 20.8 Å². The second-order valence-corrected chi connectivity index (χ2v) is 11.1. The van der Waals surface area contributed by atoms with Crippen LogP contribution in [0.4, 0.5) is 0 Å². The van der Waals surface area contributed by atoms with Gasteiger partial charge in [0, 0.05) is 22.5 Å². The fourth-order valence-corrected chi connectivity index (χ4v) is 5.43. The molecule has 0 bridgehead atoms. The van der Waals surface area contributed by atoms with E-state index < -0.39 is 11.6 Å². The molecule has 3 aromatic rings. The van der Waals surface area contributed by atoms with Gasteiger partial charge in [-0.05, 0) is 59.1 Å². The van der Waals surface area contributed by atoms with Crippen LogP contribution in [0.3, 0.4) is 0 Å². The molecule has 1 aliphatic rings. The Kier molecular flexibility index (Phi) is 7.54. The number of hydrogen-bond donors (Lipinski definition) is 2. The quantitative estimate of drug-likeness (QED) is 0.266. The van der Waals surface area contributed by atoms with Crippen LogP contribution in [0.2, 0.25) is 0 Å². The number of hydrogen-bond acceptors (Lipinski definition) is 8. The molecule has 0 spiro atoms. The molecule has 190 valence electrons. The highest BCUT2D eigenvalue weighted by molar-refractivity contribution is 7.15. The van der Waals surface area contributed by atoms with E-state index in [-0.39, 0.29) is 12.4 Å². The molecule has 2 aromatic heterocycles. The molecule has 0 amide bonds. The van der Waals surface area contributed by atoms with E-state index in [0.29, 0.717) is 12.4 Å². The summed E-state index contributed by atoms with van der Waals surface area (Å²) in [6.07, 6.45) is 4.73. The van der Waals surface area contributed by atoms with Crippen LogP contribution in [-0.4, -0.2) is 43.8 Å². The molecule has 1 atom stereocenters. The van der Waals surface area contributed by atoms with Gasteiger partial charge in [0.2, 0.25) is 0 Å². The van der Waals surface area contributed by atoms with Crippen LogP contribution in [0.25, 0.3) is 5.00 Å². The molecule has 9 heteroatoms. The number of ether oxygens (including phenoxy) is 1. The molecule has 0 unspecified atom stereocenters. The zero-order valence-corrected chi connectivity index (χ0v) is 22.4. The molecular formula is C27H33N5O3S. The van der Waals surface area contributed by atoms with Crippen molar-refractivity contribution in [2.24, 2.45) is 4.99 Å². The van der Waals surface area contributed by atoms with Crippen molar-refractivity contribution < 1.29 is 14.7 Å². The van der Waals surface area contributed by atoms with Gasteiger partial charge in [-0.2, -0.15) is 0 Å². The van der Waals surface area contributed by atoms with Gasteiger partial charge in [0.25, 0.3) is 0 Å². The zero-order chi connectivity index (χ0) is 26.0. The normalized spacial score (nSPS) is 15.4. The predicted molar refractivity (Wildman–Crippen MR) is 141 cm³/mol. The van der Waals surface area contributed by atoms with Crippen LogP contribution < -0.4 is 5.48 Å². The summed E-state index contributed by atoms with van der Waals surface area (Å²) in [7, 11) is 0. The number of carbonyl (C=O) groups excluding carboxylic acids is 1. The fraction of sp³-hybridized carbons (Fsp3) is 0.407. The number of benzene rings is 1. The third-order valence-corrected chi connectivity index (χ3v) is 7.17. The Hall–Kier alpha value is -3.14. The molecule has 0 saturated carbocycles. The number of aliphatic imine (C=N–C) groups is 1. The Balaban J connectivity index is 1.79. The van der Waals surface area contributed by atoms with Crippen LogP contribution >= 0.6 is 11.3 Å². The third kappa shape index (κ3) is 5.48. The van der Waals surface area contributed by atoms with Crippen molar-refractivity contribution in [2.45, 2.75) is 66.0 Å². The van der Waals surface area contributed by atoms with Gasteiger partial charge >= 0.3 is 5.97 Å². The summed E-state index contributed by atoms with van der Waals surface area (Å²) in [6, 6.07) is 7.80. The Morgan fingerprint density at radius 3 is 2.56 bits per heavy atom. The molecule has 8 nitrogen and oxygen atoms in total. The molecule has 2 N–H and O–H groups in total. The number of aryl methyl sites for hydroxylation is 2. The highest BCUT2D eigenvalue weighted by atomic mass is 32.1. The monoisotopic (exact) mass is 507 g/mol. The maximum absolute atomic E-state index is 12.8. The predicted octanol–water partition coefficient (Wildman–Crippen LogP) is 4.96. The van der Waals surface area contributed by atoms with Crippen molar-refractivity contribution in [1.29, 1.82) is 0 Å². The fourth-order valence-electron chi connectivity index (χ4n) is 4.22. The van der Waals surface area contributed by atoms with Gasteiger partial charge in [0.1, 0.15) is 22.5 Å². The van der Waals surface area contributed by atoms with Crippen molar-refractivity contribution in [3.63, 3.8) is 0 Å². The first-order chi connectivity index (χ1) is 17.1. The number of esters is 1. The number of nitrogens with zero attached hydrogens (tertiary/aromatic N) is 4. The molecule has 0 saturated heterocycles. The first kappa shape index (κ1) is 25.9. The minimum Gasteiger partial charge on any atom is -0.460 e. The molecule has 36 heavy (non-hydrogen) atoms. The number of nitrogens with one attached hydrogen (secondary N) is 1. The summed E-state index contributed by atoms with van der Waals surface area (Å²) in [5, 5.41) is 18.5. The number of rotatable bonds is 7. The minimum absolute atomic E-state index is 0.0770. The van der Waals surface area contributed by atoms with Gasteiger partial charge in [0.15, 0.2) is 5.82 Å². The molecule has 1 aromatic carbocycles. The number of allylic oxidation sites excluding steroid dienone is 1. The summed E-state index contributed by atoms with van der Waals surface area (Å²) in [6.45, 7) is 12.1. The van der Waals surface area contributed by atoms with E-state index in [0.717, 1.165) is 45.2 Å². The topological polar surface area (TPSA) is 102 Å². The smallest absolute Gasteiger partial charge is 0.308 e. The maximum atomic E-state index is 12.8. The lowest BCUT2D eigenvalue weighted by atomic mass is 9.98. The number of fused-ring (bicyclic) bond motifs is 3. The molecule has 1 aliphatic heterocycles. The lowest BCUT2D eigenvalue weighted by Crippen LogP contribution is -2.25. The Morgan fingerprint density at radius 1 is 1.17 bits per heavy atom. The second-order valence-electron chi connectivity index (χ2n) is 9.92. The highest BCUT2D eigenvalue weighted by Gasteiger charge is 2.33. The summed E-state index contributed by atoms with van der Waals surface area (Å²) in [4.78, 5) is 19.2. The van der Waals surface area contributed by atoms with Gasteiger partial charge in [-0.3, -0.25) is 14.4 Å². The summed E-state index contributed by atoms with van der Waals surface area (Å²) < 4.78 is 7.67. The molecule has 4 rings (SSSR count). The third-order valence-electron chi connectivity index (χ3n) is 5.98. The summed E-state index contributed by atoms with van der Waals surface area (Å²) >= 11 is 1.69. The van der Waals surface area contributed by atoms with Crippen LogP contribution in [0.1, 0.15) is 72.0 Å². The number of hydroxylamine groups is 1. The van der Waals surface area contributed by atoms with Gasteiger partial charge in [-0.1, -0.05) is 36.4 Å². The number of aromatic nitrogens is 3. The van der Waals surface area contributed by atoms with Gasteiger partial charge in [-0.25, -0.2) is 5.48 Å². The number of thiophene rings is 1. The van der Waals surface area contributed by atoms with Gasteiger partial charge < -0.3 is 9.94 Å². The average molecular weight is 508 g/mol. The van der Waals surface area contributed by atoms with Crippen LogP contribution in [0.15, 0.2) is 41.4 Å². The van der Waals surface area contributed by atoms with Crippen molar-refractivity contribution in [1.82, 2.24) is 20.2 Å². The SMILES string of the molecule is Cc1sc2c(c1C)C(c1ccc(C/C=C/CNO)cc1)=N[C@@H](CC(=O)OC(C)(C)C)c1nnc(C)n1-2. The van der Waals surface area contributed by atoms with E-state index in [1.807, 2.05) is 44.4 Å². The van der Waals surface area contributed by atoms with Gasteiger partial charge in [-0.15, -0.1) is 21.5 Å². The first-order valence-corrected chi connectivity index (χ1v) is 12.8. The van der Waals surface area contributed by atoms with E-state index in [2.05, 4.69) is 53.8 Å². The Labute approximate surface area is 215 Å². The average Bonchev–Trinajstić information content (AvgIpc) is 3.28. The Bertz CT molecular complexity index is 1310. The minimum atomic E-state index is -0.582. The van der Waals surface area contributed by atoms with Crippen molar-refractivity contribution in [3.8, 4) is 5.00 Å². The molecule has 0 aliphatic carbocycles. The van der Waals surface area contributed by atoms with Crippen molar-refractivity contribution in [2.75, 3.05) is 6.54 Å². The van der Waals surface area contributed by atoms with Gasteiger partial charge in [0.05, 0.1) is 12.1 Å². The molecule has 0 fully saturated rings. The Morgan fingerprint density at radius 2 is 1.89 bits per heavy atom. The second kappa shape index (κ2) is 10.5.